The van der Waals surface area contributed by atoms with Crippen molar-refractivity contribution in [1.29, 1.82) is 0 Å². The van der Waals surface area contributed by atoms with Crippen molar-refractivity contribution in [1.82, 2.24) is 5.65 Å². The number of nitrogens with one attached hydrogen (secondary N) is 2. The standard InChI is InChI=1S/C7H9FN2O.H2O4S/c1-11-7-4-2-3-6(5-7)9-10-8;1-5(2,3)4/h2-5,9-10H,1H3;(H2,1,2,3,4). The summed E-state index contributed by atoms with van der Waals surface area (Å²) in [5, 5.41) is 0. The summed E-state index contributed by atoms with van der Waals surface area (Å²) >= 11 is 0. The molecule has 0 amide bonds. The van der Waals surface area contributed by atoms with E-state index in [4.69, 9.17) is 22.3 Å². The van der Waals surface area contributed by atoms with Gasteiger partial charge in [-0.05, 0) is 12.1 Å². The summed E-state index contributed by atoms with van der Waals surface area (Å²) in [7, 11) is -3.11. The molecular weight excluding hydrogens is 243 g/mol. The van der Waals surface area contributed by atoms with Crippen molar-refractivity contribution < 1.29 is 26.7 Å². The molecule has 0 bridgehead atoms. The van der Waals surface area contributed by atoms with Gasteiger partial charge in [-0.15, -0.1) is 4.48 Å². The topological polar surface area (TPSA) is 108 Å². The number of hydrogen-bond acceptors (Lipinski definition) is 5. The third kappa shape index (κ3) is 9.15. The Balaban J connectivity index is 0.000000385. The summed E-state index contributed by atoms with van der Waals surface area (Å²) < 4.78 is 48.0. The normalized spacial score (nSPS) is 10.0. The molecule has 0 aliphatic rings. The van der Waals surface area contributed by atoms with Crippen molar-refractivity contribution in [3.63, 3.8) is 0 Å². The van der Waals surface area contributed by atoms with E-state index in [9.17, 15) is 4.48 Å². The molecule has 92 valence electrons. The van der Waals surface area contributed by atoms with Gasteiger partial charge in [0.15, 0.2) is 0 Å². The lowest BCUT2D eigenvalue weighted by molar-refractivity contribution is 0.375. The molecule has 0 atom stereocenters. The molecule has 0 radical (unpaired) electrons. The maximum absolute atomic E-state index is 11.5. The zero-order chi connectivity index (χ0) is 12.6. The van der Waals surface area contributed by atoms with Crippen molar-refractivity contribution >= 4 is 16.1 Å². The van der Waals surface area contributed by atoms with E-state index in [0.29, 0.717) is 11.4 Å². The van der Waals surface area contributed by atoms with Gasteiger partial charge in [0.2, 0.25) is 0 Å². The first-order valence-corrected chi connectivity index (χ1v) is 5.22. The molecule has 1 aromatic rings. The molecule has 4 N–H and O–H groups in total. The van der Waals surface area contributed by atoms with E-state index in [1.807, 2.05) is 0 Å². The Morgan fingerprint density at radius 1 is 1.38 bits per heavy atom. The van der Waals surface area contributed by atoms with Gasteiger partial charge in [-0.3, -0.25) is 14.5 Å². The lowest BCUT2D eigenvalue weighted by Crippen LogP contribution is -2.09. The number of benzene rings is 1. The second kappa shape index (κ2) is 6.95. The molecule has 0 aromatic heterocycles. The minimum Gasteiger partial charge on any atom is -0.497 e. The van der Waals surface area contributed by atoms with Crippen LogP contribution in [0.1, 0.15) is 0 Å². The summed E-state index contributed by atoms with van der Waals surface area (Å²) in [5.74, 6) is 0.685. The van der Waals surface area contributed by atoms with Crippen LogP contribution in [0.5, 0.6) is 5.75 Å². The first kappa shape index (κ1) is 14.6. The minimum absolute atomic E-state index is 0.617. The maximum Gasteiger partial charge on any atom is 0.394 e. The van der Waals surface area contributed by atoms with Gasteiger partial charge >= 0.3 is 10.4 Å². The Labute approximate surface area is 91.7 Å². The Kier molecular flexibility index (Phi) is 6.34. The molecule has 0 heterocycles. The largest absolute Gasteiger partial charge is 0.497 e. The number of rotatable bonds is 3. The second-order valence-corrected chi connectivity index (χ2v) is 3.29. The molecule has 7 nitrogen and oxygen atoms in total. The summed E-state index contributed by atoms with van der Waals surface area (Å²) in [4.78, 5) is 0. The van der Waals surface area contributed by atoms with E-state index in [-0.39, 0.29) is 0 Å². The van der Waals surface area contributed by atoms with Crippen molar-refractivity contribution in [3.05, 3.63) is 24.3 Å². The predicted octanol–water partition coefficient (Wildman–Crippen LogP) is 0.843. The van der Waals surface area contributed by atoms with Crippen molar-refractivity contribution in [3.8, 4) is 5.75 Å². The zero-order valence-electron chi connectivity index (χ0n) is 8.21. The van der Waals surface area contributed by atoms with E-state index in [0.717, 1.165) is 0 Å². The Morgan fingerprint density at radius 3 is 2.38 bits per heavy atom. The minimum atomic E-state index is -4.67. The summed E-state index contributed by atoms with van der Waals surface area (Å²) in [6, 6.07) is 6.93. The molecule has 0 saturated heterocycles. The molecule has 9 heteroatoms. The van der Waals surface area contributed by atoms with Crippen molar-refractivity contribution in [2.75, 3.05) is 12.5 Å². The highest BCUT2D eigenvalue weighted by Crippen LogP contribution is 2.15. The van der Waals surface area contributed by atoms with Crippen LogP contribution in [0.2, 0.25) is 0 Å². The fourth-order valence-corrected chi connectivity index (χ4v) is 0.755. The highest BCUT2D eigenvalue weighted by molar-refractivity contribution is 7.79. The van der Waals surface area contributed by atoms with E-state index in [1.165, 1.54) is 5.65 Å². The van der Waals surface area contributed by atoms with Crippen LogP contribution < -0.4 is 15.8 Å². The fourth-order valence-electron chi connectivity index (χ4n) is 0.755. The number of hydrazine groups is 1. The van der Waals surface area contributed by atoms with E-state index < -0.39 is 10.4 Å². The molecule has 0 fully saturated rings. The summed E-state index contributed by atoms with van der Waals surface area (Å²) in [6.07, 6.45) is 0. The molecule has 16 heavy (non-hydrogen) atoms. The molecular formula is C7H11FN2O5S. The lowest BCUT2D eigenvalue weighted by atomic mass is 10.3. The van der Waals surface area contributed by atoms with Crippen LogP contribution in [0.15, 0.2) is 24.3 Å². The van der Waals surface area contributed by atoms with E-state index >= 15 is 0 Å². The molecule has 1 rings (SSSR count). The molecule has 0 aliphatic heterocycles. The van der Waals surface area contributed by atoms with Crippen LogP contribution in [-0.4, -0.2) is 24.6 Å². The number of ether oxygens (including phenoxy) is 1. The Hall–Kier alpha value is -1.42. The molecule has 0 unspecified atom stereocenters. The second-order valence-electron chi connectivity index (χ2n) is 2.40. The maximum atomic E-state index is 11.5. The van der Waals surface area contributed by atoms with Crippen molar-refractivity contribution in [2.24, 2.45) is 0 Å². The summed E-state index contributed by atoms with van der Waals surface area (Å²) in [6.45, 7) is 0. The van der Waals surface area contributed by atoms with Gasteiger partial charge in [0.25, 0.3) is 0 Å². The van der Waals surface area contributed by atoms with Crippen LogP contribution in [-0.2, 0) is 10.4 Å². The molecule has 1 aromatic carbocycles. The Bertz CT molecular complexity index is 403. The average Bonchev–Trinajstić information content (AvgIpc) is 2.16. The third-order valence-electron chi connectivity index (χ3n) is 1.26. The number of anilines is 1. The average molecular weight is 254 g/mol. The number of hydrogen-bond donors (Lipinski definition) is 4. The highest BCUT2D eigenvalue weighted by atomic mass is 32.3. The summed E-state index contributed by atoms with van der Waals surface area (Å²) in [5.41, 5.74) is 4.23. The lowest BCUT2D eigenvalue weighted by Gasteiger charge is -2.03. The monoisotopic (exact) mass is 254 g/mol. The molecule has 0 aliphatic carbocycles. The number of methoxy groups -OCH3 is 1. The van der Waals surface area contributed by atoms with Gasteiger partial charge < -0.3 is 4.74 Å². The smallest absolute Gasteiger partial charge is 0.394 e. The van der Waals surface area contributed by atoms with Gasteiger partial charge in [-0.1, -0.05) is 11.7 Å². The first-order valence-electron chi connectivity index (χ1n) is 3.82. The van der Waals surface area contributed by atoms with Crippen LogP contribution in [0.4, 0.5) is 10.2 Å². The molecule has 0 saturated carbocycles. The van der Waals surface area contributed by atoms with Crippen LogP contribution in [0, 0.1) is 0 Å². The predicted molar refractivity (Wildman–Crippen MR) is 55.0 cm³/mol. The van der Waals surface area contributed by atoms with E-state index in [1.54, 1.807) is 31.4 Å². The third-order valence-corrected chi connectivity index (χ3v) is 1.26. The molecule has 0 spiro atoms. The van der Waals surface area contributed by atoms with Gasteiger partial charge in [-0.25, -0.2) is 0 Å². The van der Waals surface area contributed by atoms with Gasteiger partial charge in [-0.2, -0.15) is 8.42 Å². The first-order chi connectivity index (χ1) is 7.36. The Morgan fingerprint density at radius 2 is 1.94 bits per heavy atom. The zero-order valence-corrected chi connectivity index (χ0v) is 9.03. The van der Waals surface area contributed by atoms with Gasteiger partial charge in [0, 0.05) is 6.07 Å². The van der Waals surface area contributed by atoms with E-state index in [2.05, 4.69) is 5.43 Å². The SMILES string of the molecule is COc1cccc(NNF)c1.O=S(=O)(O)O. The fraction of sp³-hybridized carbons (Fsp3) is 0.143. The van der Waals surface area contributed by atoms with Crippen LogP contribution in [0.3, 0.4) is 0 Å². The quantitative estimate of drug-likeness (QED) is 0.359. The van der Waals surface area contributed by atoms with Crippen LogP contribution >= 0.6 is 0 Å². The van der Waals surface area contributed by atoms with Crippen LogP contribution in [0.25, 0.3) is 0 Å². The number of halogens is 1. The highest BCUT2D eigenvalue weighted by Gasteiger charge is 1.92. The van der Waals surface area contributed by atoms with Gasteiger partial charge in [0.05, 0.1) is 12.8 Å². The van der Waals surface area contributed by atoms with Gasteiger partial charge in [0.1, 0.15) is 5.75 Å². The van der Waals surface area contributed by atoms with Crippen molar-refractivity contribution in [2.45, 2.75) is 0 Å².